The second-order valence-electron chi connectivity index (χ2n) is 3.75. The molecule has 0 radical (unpaired) electrons. The van der Waals surface area contributed by atoms with E-state index in [4.69, 9.17) is 9.32 Å². The molecule has 0 aliphatic heterocycles. The Labute approximate surface area is 114 Å². The summed E-state index contributed by atoms with van der Waals surface area (Å²) in [6.45, 7) is 6.52. The summed E-state index contributed by atoms with van der Waals surface area (Å²) >= 11 is 1.36. The molecule has 6 nitrogen and oxygen atoms in total. The van der Waals surface area contributed by atoms with Gasteiger partial charge in [-0.05, 0) is 27.1 Å². The molecule has 0 saturated heterocycles. The molecule has 0 amide bonds. The maximum absolute atomic E-state index is 9.77. The van der Waals surface area contributed by atoms with E-state index in [2.05, 4.69) is 22.0 Å². The maximum Gasteiger partial charge on any atom is 0.125 e. The summed E-state index contributed by atoms with van der Waals surface area (Å²) in [6, 6.07) is 0. The van der Waals surface area contributed by atoms with E-state index in [1.807, 2.05) is 0 Å². The molecule has 18 heavy (non-hydrogen) atoms. The van der Waals surface area contributed by atoms with Crippen LogP contribution in [0.25, 0.3) is 0 Å². The van der Waals surface area contributed by atoms with Gasteiger partial charge in [0.15, 0.2) is 0 Å². The van der Waals surface area contributed by atoms with Gasteiger partial charge in [0.1, 0.15) is 14.8 Å². The fourth-order valence-electron chi connectivity index (χ4n) is 0.948. The smallest absolute Gasteiger partial charge is 0.125 e. The van der Waals surface area contributed by atoms with Crippen molar-refractivity contribution in [3.63, 3.8) is 0 Å². The molecule has 0 aliphatic rings. The Morgan fingerprint density at radius 1 is 1.67 bits per heavy atom. The van der Waals surface area contributed by atoms with Crippen LogP contribution in [0.3, 0.4) is 0 Å². The van der Waals surface area contributed by atoms with Gasteiger partial charge in [0, 0.05) is 10.7 Å². The fourth-order valence-corrected chi connectivity index (χ4v) is 3.53. The van der Waals surface area contributed by atoms with Gasteiger partial charge in [-0.15, -0.1) is 11.3 Å². The van der Waals surface area contributed by atoms with Crippen molar-refractivity contribution in [2.75, 3.05) is 14.2 Å². The highest BCUT2D eigenvalue weighted by molar-refractivity contribution is 8.27. The molecule has 0 bridgehead atoms. The van der Waals surface area contributed by atoms with Gasteiger partial charge in [-0.2, -0.15) is 0 Å². The SMILES string of the molecule is C=CN.CNS(N)(OC)c1cnc(C(C)(C)O)s1. The lowest BCUT2D eigenvalue weighted by Crippen LogP contribution is -2.25. The summed E-state index contributed by atoms with van der Waals surface area (Å²) in [5.41, 5.74) is 3.67. The summed E-state index contributed by atoms with van der Waals surface area (Å²) in [7, 11) is 1.35. The van der Waals surface area contributed by atoms with Gasteiger partial charge in [-0.3, -0.25) is 5.14 Å². The van der Waals surface area contributed by atoms with Crippen LogP contribution in [-0.2, 0) is 9.78 Å². The van der Waals surface area contributed by atoms with E-state index in [0.29, 0.717) is 5.01 Å². The molecular weight excluding hydrogens is 272 g/mol. The van der Waals surface area contributed by atoms with Crippen molar-refractivity contribution >= 4 is 22.0 Å². The second kappa shape index (κ2) is 7.07. The van der Waals surface area contributed by atoms with Crippen molar-refractivity contribution in [2.24, 2.45) is 10.9 Å². The monoisotopic (exact) mass is 294 g/mol. The Bertz CT molecular complexity index is 372. The molecular formula is C10H22N4O2S2. The van der Waals surface area contributed by atoms with Crippen LogP contribution in [0.5, 0.6) is 0 Å². The number of hydrogen-bond acceptors (Lipinski definition) is 7. The highest BCUT2D eigenvalue weighted by atomic mass is 32.3. The van der Waals surface area contributed by atoms with Crippen molar-refractivity contribution in [2.45, 2.75) is 23.7 Å². The van der Waals surface area contributed by atoms with E-state index in [1.165, 1.54) is 17.5 Å². The predicted octanol–water partition coefficient (Wildman–Crippen LogP) is 1.19. The van der Waals surface area contributed by atoms with Crippen LogP contribution in [-0.4, -0.2) is 24.2 Å². The quantitative estimate of drug-likeness (QED) is 0.664. The van der Waals surface area contributed by atoms with Crippen LogP contribution in [0.1, 0.15) is 18.9 Å². The topological polar surface area (TPSA) is 106 Å². The Kier molecular flexibility index (Phi) is 6.82. The Balaban J connectivity index is 0.000000873. The zero-order chi connectivity index (χ0) is 14.4. The van der Waals surface area contributed by atoms with Crippen LogP contribution in [0.2, 0.25) is 0 Å². The van der Waals surface area contributed by atoms with Gasteiger partial charge in [0.2, 0.25) is 0 Å². The third-order valence-corrected chi connectivity index (χ3v) is 5.81. The molecule has 8 heteroatoms. The molecule has 0 spiro atoms. The number of hydrogen-bond donors (Lipinski definition) is 4. The van der Waals surface area contributed by atoms with Gasteiger partial charge >= 0.3 is 0 Å². The molecule has 0 aromatic carbocycles. The van der Waals surface area contributed by atoms with E-state index in [9.17, 15) is 5.11 Å². The van der Waals surface area contributed by atoms with Gasteiger partial charge in [0.25, 0.3) is 0 Å². The number of aromatic nitrogens is 1. The summed E-state index contributed by atoms with van der Waals surface area (Å²) in [6.07, 6.45) is 2.90. The molecule has 1 rings (SSSR count). The maximum atomic E-state index is 9.77. The predicted molar refractivity (Wildman–Crippen MR) is 77.9 cm³/mol. The summed E-state index contributed by atoms with van der Waals surface area (Å²) in [5.74, 6) is 0. The van der Waals surface area contributed by atoms with Gasteiger partial charge in [0.05, 0.1) is 13.3 Å². The van der Waals surface area contributed by atoms with Crippen molar-refractivity contribution in [3.8, 4) is 0 Å². The minimum Gasteiger partial charge on any atom is -0.405 e. The Morgan fingerprint density at radius 2 is 2.17 bits per heavy atom. The molecule has 1 aromatic heterocycles. The van der Waals surface area contributed by atoms with E-state index >= 15 is 0 Å². The average Bonchev–Trinajstić information content (AvgIpc) is 2.78. The Hall–Kier alpha value is -0.640. The average molecular weight is 294 g/mol. The third kappa shape index (κ3) is 4.56. The molecule has 106 valence electrons. The summed E-state index contributed by atoms with van der Waals surface area (Å²) < 4.78 is 8.98. The molecule has 0 aliphatic carbocycles. The Morgan fingerprint density at radius 3 is 2.44 bits per heavy atom. The van der Waals surface area contributed by atoms with Gasteiger partial charge in [-0.1, -0.05) is 6.58 Å². The largest absolute Gasteiger partial charge is 0.405 e. The third-order valence-electron chi connectivity index (χ3n) is 1.87. The molecule has 1 aromatic rings. The van der Waals surface area contributed by atoms with Crippen LogP contribution >= 0.6 is 22.0 Å². The van der Waals surface area contributed by atoms with E-state index in [0.717, 1.165) is 4.21 Å². The second-order valence-corrected chi connectivity index (χ2v) is 7.42. The van der Waals surface area contributed by atoms with Crippen LogP contribution in [0.15, 0.2) is 23.2 Å². The highest BCUT2D eigenvalue weighted by Crippen LogP contribution is 2.48. The fraction of sp³-hybridized carbons (Fsp3) is 0.500. The lowest BCUT2D eigenvalue weighted by molar-refractivity contribution is 0.0783. The number of rotatable bonds is 4. The van der Waals surface area contributed by atoms with E-state index in [-0.39, 0.29) is 0 Å². The molecule has 0 saturated carbocycles. The zero-order valence-electron chi connectivity index (χ0n) is 11.1. The molecule has 0 fully saturated rings. The minimum atomic E-state index is -1.94. The number of thiazole rings is 1. The number of nitrogens with one attached hydrogen (secondary N) is 1. The van der Waals surface area contributed by atoms with Crippen molar-refractivity contribution in [3.05, 3.63) is 24.0 Å². The van der Waals surface area contributed by atoms with Gasteiger partial charge in [-0.25, -0.2) is 9.71 Å². The summed E-state index contributed by atoms with van der Waals surface area (Å²) in [4.78, 5) is 4.14. The standard InChI is InChI=1S/C8H17N3O2S2.C2H5N/c1-8(2,12)7-11-5-6(14-7)15(9,10-3)13-4;1-2-3/h5,10,12H,9H2,1-4H3;2H,1,3H2. The van der Waals surface area contributed by atoms with Crippen LogP contribution < -0.4 is 15.6 Å². The van der Waals surface area contributed by atoms with Crippen molar-refractivity contribution in [1.29, 1.82) is 0 Å². The molecule has 1 unspecified atom stereocenters. The minimum absolute atomic E-state index is 0.632. The first kappa shape index (κ1) is 17.4. The zero-order valence-corrected chi connectivity index (χ0v) is 12.8. The molecule has 6 N–H and O–H groups in total. The highest BCUT2D eigenvalue weighted by Gasteiger charge is 2.26. The number of nitrogens with zero attached hydrogens (tertiary/aromatic N) is 1. The van der Waals surface area contributed by atoms with Crippen LogP contribution in [0.4, 0.5) is 0 Å². The lowest BCUT2D eigenvalue weighted by Gasteiger charge is -2.30. The van der Waals surface area contributed by atoms with Crippen LogP contribution in [0, 0.1) is 0 Å². The molecule has 1 atom stereocenters. The first-order valence-corrected chi connectivity index (χ1v) is 7.55. The number of aliphatic hydroxyl groups is 1. The number of nitrogens with two attached hydrogens (primary N) is 2. The van der Waals surface area contributed by atoms with Gasteiger partial charge < -0.3 is 15.0 Å². The first-order chi connectivity index (χ1) is 8.25. The van der Waals surface area contributed by atoms with E-state index in [1.54, 1.807) is 34.2 Å². The summed E-state index contributed by atoms with van der Waals surface area (Å²) in [5, 5.41) is 16.4. The van der Waals surface area contributed by atoms with E-state index < -0.39 is 16.3 Å². The normalized spacial score (nSPS) is 16.1. The lowest BCUT2D eigenvalue weighted by atomic mass is 10.2. The van der Waals surface area contributed by atoms with Crippen molar-refractivity contribution in [1.82, 2.24) is 9.71 Å². The molecule has 1 heterocycles. The first-order valence-electron chi connectivity index (χ1n) is 5.11. The van der Waals surface area contributed by atoms with Crippen molar-refractivity contribution < 1.29 is 9.29 Å².